The first-order valence-electron chi connectivity index (χ1n) is 14.6. The van der Waals surface area contributed by atoms with E-state index in [0.29, 0.717) is 36.7 Å². The first-order chi connectivity index (χ1) is 20.7. The minimum atomic E-state index is -4.72. The Labute approximate surface area is 248 Å². The number of likely N-dealkylation sites (tertiary alicyclic amines) is 1. The molecule has 2 aromatic carbocycles. The molecule has 226 valence electrons. The van der Waals surface area contributed by atoms with Crippen LogP contribution >= 0.6 is 0 Å². The maximum atomic E-state index is 14.0. The summed E-state index contributed by atoms with van der Waals surface area (Å²) in [6.07, 6.45) is 4.04. The summed E-state index contributed by atoms with van der Waals surface area (Å²) in [7, 11) is 0. The zero-order chi connectivity index (χ0) is 30.4. The molecule has 43 heavy (non-hydrogen) atoms. The van der Waals surface area contributed by atoms with Gasteiger partial charge in [0.15, 0.2) is 0 Å². The van der Waals surface area contributed by atoms with Gasteiger partial charge in [0.05, 0.1) is 11.4 Å². The number of anilines is 4. The topological polar surface area (TPSA) is 99.2 Å². The molecule has 11 heteroatoms. The Morgan fingerprint density at radius 1 is 1.02 bits per heavy atom. The maximum absolute atomic E-state index is 14.0. The van der Waals surface area contributed by atoms with Crippen LogP contribution in [0.4, 0.5) is 36.3 Å². The van der Waals surface area contributed by atoms with Crippen molar-refractivity contribution in [3.63, 3.8) is 0 Å². The molecule has 3 aromatic rings. The molecule has 2 fully saturated rings. The predicted octanol–water partition coefficient (Wildman–Crippen LogP) is 6.81. The summed E-state index contributed by atoms with van der Waals surface area (Å²) in [5.74, 6) is -0.477. The number of aromatic nitrogens is 2. The van der Waals surface area contributed by atoms with Crippen molar-refractivity contribution in [3.8, 4) is 0 Å². The molecule has 0 spiro atoms. The standard InChI is InChI=1S/C32H35F3N6O2/c1-2-28(42)38-27-18-22(17-21-9-6-7-10-21)14-15-26(27)39-29-25(32(33,34)35)19-36-31(40-29)37-24-13-8-16-41(20-24)30(43)23-11-4-3-5-12-23/h2-5,11-12,14-15,18-19,21,24H,1,6-10,13,16-17,20H2,(H,38,42)(H2,36,37,39,40)/t24-/m0/s1. The van der Waals surface area contributed by atoms with E-state index in [9.17, 15) is 22.8 Å². The molecule has 2 amide bonds. The first kappa shape index (κ1) is 30.1. The minimum absolute atomic E-state index is 0.00374. The summed E-state index contributed by atoms with van der Waals surface area (Å²) in [5.41, 5.74) is 1.12. The van der Waals surface area contributed by atoms with Crippen LogP contribution in [-0.2, 0) is 17.4 Å². The summed E-state index contributed by atoms with van der Waals surface area (Å²) in [6, 6.07) is 14.0. The molecule has 1 saturated heterocycles. The van der Waals surface area contributed by atoms with Crippen molar-refractivity contribution in [2.45, 2.75) is 57.2 Å². The van der Waals surface area contributed by atoms with Crippen LogP contribution in [-0.4, -0.2) is 45.8 Å². The minimum Gasteiger partial charge on any atom is -0.350 e. The molecule has 5 rings (SSSR count). The van der Waals surface area contributed by atoms with E-state index >= 15 is 0 Å². The fraction of sp³-hybridized carbons (Fsp3) is 0.375. The van der Waals surface area contributed by atoms with Crippen molar-refractivity contribution in [2.75, 3.05) is 29.0 Å². The first-order valence-corrected chi connectivity index (χ1v) is 14.6. The molecule has 8 nitrogen and oxygen atoms in total. The molecule has 1 aliphatic carbocycles. The third-order valence-electron chi connectivity index (χ3n) is 7.94. The van der Waals surface area contributed by atoms with E-state index in [1.165, 1.54) is 12.8 Å². The fourth-order valence-corrected chi connectivity index (χ4v) is 5.77. The molecule has 3 N–H and O–H groups in total. The van der Waals surface area contributed by atoms with E-state index in [1.54, 1.807) is 41.3 Å². The zero-order valence-electron chi connectivity index (χ0n) is 23.8. The number of piperidine rings is 1. The highest BCUT2D eigenvalue weighted by molar-refractivity contribution is 6.01. The number of rotatable bonds is 9. The van der Waals surface area contributed by atoms with Crippen LogP contribution in [0.15, 0.2) is 67.4 Å². The van der Waals surface area contributed by atoms with Gasteiger partial charge in [-0.1, -0.05) is 56.5 Å². The Kier molecular flexibility index (Phi) is 9.27. The number of halogens is 3. The Bertz CT molecular complexity index is 1460. The van der Waals surface area contributed by atoms with E-state index in [2.05, 4.69) is 32.5 Å². The highest BCUT2D eigenvalue weighted by Crippen LogP contribution is 2.37. The van der Waals surface area contributed by atoms with Crippen molar-refractivity contribution < 1.29 is 22.8 Å². The molecule has 1 aliphatic heterocycles. The summed E-state index contributed by atoms with van der Waals surface area (Å²) in [4.78, 5) is 35.1. The van der Waals surface area contributed by atoms with Gasteiger partial charge < -0.3 is 20.9 Å². The van der Waals surface area contributed by atoms with Crippen molar-refractivity contribution in [3.05, 3.63) is 84.1 Å². The SMILES string of the molecule is C=CC(=O)Nc1cc(CC2CCCC2)ccc1Nc1nc(N[C@H]2CCCN(C(=O)c3ccccc3)C2)ncc1C(F)(F)F. The van der Waals surface area contributed by atoms with E-state index in [1.807, 2.05) is 12.1 Å². The quantitative estimate of drug-likeness (QED) is 0.236. The average molecular weight is 593 g/mol. The van der Waals surface area contributed by atoms with Crippen LogP contribution in [0.1, 0.15) is 60.0 Å². The van der Waals surface area contributed by atoms with Crippen LogP contribution in [0, 0.1) is 5.92 Å². The van der Waals surface area contributed by atoms with Crippen LogP contribution in [0.3, 0.4) is 0 Å². The van der Waals surface area contributed by atoms with Gasteiger partial charge in [-0.15, -0.1) is 0 Å². The van der Waals surface area contributed by atoms with Gasteiger partial charge in [0.1, 0.15) is 11.4 Å². The zero-order valence-corrected chi connectivity index (χ0v) is 23.8. The van der Waals surface area contributed by atoms with Crippen LogP contribution in [0.25, 0.3) is 0 Å². The second-order valence-corrected chi connectivity index (χ2v) is 11.1. The molecule has 1 saturated carbocycles. The largest absolute Gasteiger partial charge is 0.421 e. The number of alkyl halides is 3. The molecule has 1 aromatic heterocycles. The van der Waals surface area contributed by atoms with Crippen molar-refractivity contribution in [1.82, 2.24) is 14.9 Å². The van der Waals surface area contributed by atoms with Crippen LogP contribution < -0.4 is 16.0 Å². The third-order valence-corrected chi connectivity index (χ3v) is 7.94. The highest BCUT2D eigenvalue weighted by Gasteiger charge is 2.36. The number of nitrogens with one attached hydrogen (secondary N) is 3. The number of hydrogen-bond donors (Lipinski definition) is 3. The molecule has 1 atom stereocenters. The number of nitrogens with zero attached hydrogens (tertiary/aromatic N) is 3. The van der Waals surface area contributed by atoms with E-state index in [-0.39, 0.29) is 23.6 Å². The molecule has 0 unspecified atom stereocenters. The molecule has 2 heterocycles. The van der Waals surface area contributed by atoms with Gasteiger partial charge in [-0.05, 0) is 61.1 Å². The van der Waals surface area contributed by atoms with Crippen LogP contribution in [0.5, 0.6) is 0 Å². The summed E-state index contributed by atoms with van der Waals surface area (Å²) >= 11 is 0. The number of hydrogen-bond acceptors (Lipinski definition) is 6. The Balaban J connectivity index is 1.37. The van der Waals surface area contributed by atoms with E-state index in [0.717, 1.165) is 43.5 Å². The lowest BCUT2D eigenvalue weighted by molar-refractivity contribution is -0.137. The van der Waals surface area contributed by atoms with E-state index in [4.69, 9.17) is 0 Å². The lowest BCUT2D eigenvalue weighted by Crippen LogP contribution is -2.45. The lowest BCUT2D eigenvalue weighted by atomic mass is 9.97. The highest BCUT2D eigenvalue weighted by atomic mass is 19.4. The summed E-state index contributed by atoms with van der Waals surface area (Å²) in [6.45, 7) is 4.44. The van der Waals surface area contributed by atoms with Crippen molar-refractivity contribution >= 4 is 35.0 Å². The van der Waals surface area contributed by atoms with Gasteiger partial charge in [-0.3, -0.25) is 9.59 Å². The van der Waals surface area contributed by atoms with Gasteiger partial charge >= 0.3 is 6.18 Å². The normalized spacial score (nSPS) is 17.4. The maximum Gasteiger partial charge on any atom is 0.421 e. The predicted molar refractivity (Wildman–Crippen MR) is 160 cm³/mol. The lowest BCUT2D eigenvalue weighted by Gasteiger charge is -2.33. The number of carbonyl (C=O) groups is 2. The second kappa shape index (κ2) is 13.3. The van der Waals surface area contributed by atoms with Gasteiger partial charge in [0.25, 0.3) is 5.91 Å². The second-order valence-electron chi connectivity index (χ2n) is 11.1. The van der Waals surface area contributed by atoms with Crippen LogP contribution in [0.2, 0.25) is 0 Å². The molecule has 2 aliphatic rings. The Morgan fingerprint density at radius 3 is 2.51 bits per heavy atom. The summed E-state index contributed by atoms with van der Waals surface area (Å²) in [5, 5.41) is 8.64. The van der Waals surface area contributed by atoms with Gasteiger partial charge in [0, 0.05) is 30.9 Å². The molecular weight excluding hydrogens is 557 g/mol. The molecular formula is C32H35F3N6O2. The third kappa shape index (κ3) is 7.71. The average Bonchev–Trinajstić information content (AvgIpc) is 3.51. The molecule has 0 radical (unpaired) electrons. The monoisotopic (exact) mass is 592 g/mol. The van der Waals surface area contributed by atoms with Crippen molar-refractivity contribution in [1.29, 1.82) is 0 Å². The van der Waals surface area contributed by atoms with Gasteiger partial charge in [-0.2, -0.15) is 18.2 Å². The van der Waals surface area contributed by atoms with Gasteiger partial charge in [-0.25, -0.2) is 4.98 Å². The number of amides is 2. The fourth-order valence-electron chi connectivity index (χ4n) is 5.77. The smallest absolute Gasteiger partial charge is 0.350 e. The number of benzene rings is 2. The Hall–Kier alpha value is -4.41. The summed E-state index contributed by atoms with van der Waals surface area (Å²) < 4.78 is 42.1. The van der Waals surface area contributed by atoms with Crippen molar-refractivity contribution in [2.24, 2.45) is 5.92 Å². The van der Waals surface area contributed by atoms with Gasteiger partial charge in [0.2, 0.25) is 11.9 Å². The van der Waals surface area contributed by atoms with E-state index < -0.39 is 23.5 Å². The molecule has 0 bridgehead atoms. The Morgan fingerprint density at radius 2 is 1.79 bits per heavy atom. The number of carbonyl (C=O) groups excluding carboxylic acids is 2.